The number of nitrogens with zero attached hydrogens (tertiary/aromatic N) is 1. The van der Waals surface area contributed by atoms with Crippen molar-refractivity contribution >= 4 is 39.2 Å². The summed E-state index contributed by atoms with van der Waals surface area (Å²) >= 11 is 8.93. The molecule has 5 heteroatoms. The summed E-state index contributed by atoms with van der Waals surface area (Å²) in [5.74, 6) is -0.225. The molecular weight excluding hydrogens is 351 g/mol. The summed E-state index contributed by atoms with van der Waals surface area (Å²) < 4.78 is 17.3. The topological polar surface area (TPSA) is 20.7 Å². The lowest BCUT2D eigenvalue weighted by Gasteiger charge is -2.11. The van der Waals surface area contributed by atoms with Crippen LogP contribution in [0, 0.1) is 17.5 Å². The van der Waals surface area contributed by atoms with Crippen LogP contribution in [0.3, 0.4) is 0 Å². The number of halogens is 2. The molecule has 0 bridgehead atoms. The number of hydrogen-bond acceptors (Lipinski definition) is 1. The van der Waals surface area contributed by atoms with Gasteiger partial charge < -0.3 is 4.98 Å². The molecule has 3 rings (SSSR count). The predicted octanol–water partition coefficient (Wildman–Crippen LogP) is 5.46. The molecular formula is C16H14BrFN2S. The highest BCUT2D eigenvalue weighted by atomic mass is 79.9. The number of nitrogens with one attached hydrogen (secondary N) is 1. The van der Waals surface area contributed by atoms with E-state index in [2.05, 4.69) is 33.9 Å². The van der Waals surface area contributed by atoms with Gasteiger partial charge in [0.15, 0.2) is 4.77 Å². The Balaban J connectivity index is 2.38. The van der Waals surface area contributed by atoms with Gasteiger partial charge in [0, 0.05) is 4.47 Å². The molecule has 0 fully saturated rings. The molecule has 0 atom stereocenters. The lowest BCUT2D eigenvalue weighted by atomic mass is 10.1. The second-order valence-corrected chi connectivity index (χ2v) is 6.31. The number of aromatic amines is 1. The lowest BCUT2D eigenvalue weighted by Crippen LogP contribution is -1.99. The van der Waals surface area contributed by atoms with Gasteiger partial charge in [0.1, 0.15) is 5.82 Å². The maximum Gasteiger partial charge on any atom is 0.182 e. The molecule has 0 saturated carbocycles. The minimum Gasteiger partial charge on any atom is -0.330 e. The average molecular weight is 365 g/mol. The fourth-order valence-corrected chi connectivity index (χ4v) is 3.24. The lowest BCUT2D eigenvalue weighted by molar-refractivity contribution is 0.620. The molecule has 21 heavy (non-hydrogen) atoms. The van der Waals surface area contributed by atoms with Crippen molar-refractivity contribution in [2.75, 3.05) is 0 Å². The number of aryl methyl sites for hydroxylation is 2. The summed E-state index contributed by atoms with van der Waals surface area (Å²) in [6, 6.07) is 9.45. The molecule has 1 N–H and O–H groups in total. The smallest absolute Gasteiger partial charge is 0.182 e. The van der Waals surface area contributed by atoms with Crippen molar-refractivity contribution in [1.29, 1.82) is 0 Å². The molecule has 0 radical (unpaired) electrons. The highest BCUT2D eigenvalue weighted by molar-refractivity contribution is 9.10. The monoisotopic (exact) mass is 364 g/mol. The van der Waals surface area contributed by atoms with Crippen molar-refractivity contribution in [2.45, 2.75) is 20.3 Å². The second-order valence-electron chi connectivity index (χ2n) is 5.01. The zero-order valence-corrected chi connectivity index (χ0v) is 14.1. The number of H-pyrrole nitrogens is 1. The normalized spacial score (nSPS) is 11.2. The van der Waals surface area contributed by atoms with Crippen LogP contribution in [-0.4, -0.2) is 9.55 Å². The zero-order chi connectivity index (χ0) is 15.1. The van der Waals surface area contributed by atoms with Crippen molar-refractivity contribution in [1.82, 2.24) is 9.55 Å². The maximum absolute atomic E-state index is 13.7. The second kappa shape index (κ2) is 5.39. The molecule has 0 aliphatic carbocycles. The minimum atomic E-state index is -0.225. The van der Waals surface area contributed by atoms with Crippen LogP contribution in [0.15, 0.2) is 34.8 Å². The van der Waals surface area contributed by atoms with Gasteiger partial charge in [0.25, 0.3) is 0 Å². The molecule has 1 heterocycles. The van der Waals surface area contributed by atoms with E-state index in [1.165, 1.54) is 11.6 Å². The van der Waals surface area contributed by atoms with Gasteiger partial charge in [-0.15, -0.1) is 0 Å². The van der Waals surface area contributed by atoms with E-state index in [1.807, 2.05) is 22.8 Å². The Morgan fingerprint density at radius 1 is 1.29 bits per heavy atom. The van der Waals surface area contributed by atoms with Crippen molar-refractivity contribution in [2.24, 2.45) is 0 Å². The number of rotatable bonds is 2. The molecule has 2 aromatic carbocycles. The Kier molecular flexibility index (Phi) is 3.71. The van der Waals surface area contributed by atoms with Crippen LogP contribution in [-0.2, 0) is 6.42 Å². The number of imidazole rings is 1. The molecule has 0 amide bonds. The Bertz CT molecular complexity index is 895. The van der Waals surface area contributed by atoms with E-state index < -0.39 is 0 Å². The fourth-order valence-electron chi connectivity index (χ4n) is 2.53. The van der Waals surface area contributed by atoms with Gasteiger partial charge in [-0.3, -0.25) is 4.57 Å². The molecule has 0 aliphatic heterocycles. The first kappa shape index (κ1) is 14.5. The first-order valence-electron chi connectivity index (χ1n) is 6.71. The maximum atomic E-state index is 13.7. The van der Waals surface area contributed by atoms with Crippen molar-refractivity contribution < 1.29 is 4.39 Å². The number of fused-ring (bicyclic) bond motifs is 1. The Morgan fingerprint density at radius 3 is 2.76 bits per heavy atom. The van der Waals surface area contributed by atoms with E-state index in [4.69, 9.17) is 12.2 Å². The van der Waals surface area contributed by atoms with Crippen LogP contribution in [0.1, 0.15) is 18.1 Å². The Labute approximate surface area is 135 Å². The summed E-state index contributed by atoms with van der Waals surface area (Å²) in [4.78, 5) is 3.09. The van der Waals surface area contributed by atoms with E-state index >= 15 is 0 Å². The molecule has 0 spiro atoms. The van der Waals surface area contributed by atoms with Gasteiger partial charge in [-0.25, -0.2) is 4.39 Å². The molecule has 0 aliphatic rings. The van der Waals surface area contributed by atoms with Gasteiger partial charge >= 0.3 is 0 Å². The van der Waals surface area contributed by atoms with Crippen LogP contribution >= 0.6 is 28.1 Å². The third-order valence-corrected chi connectivity index (χ3v) is 4.40. The molecule has 1 aromatic heterocycles. The first-order valence-corrected chi connectivity index (χ1v) is 7.91. The van der Waals surface area contributed by atoms with Crippen LogP contribution < -0.4 is 0 Å². The minimum absolute atomic E-state index is 0.225. The summed E-state index contributed by atoms with van der Waals surface area (Å²) in [5, 5.41) is 0. The van der Waals surface area contributed by atoms with Crippen molar-refractivity contribution in [3.05, 3.63) is 56.5 Å². The highest BCUT2D eigenvalue weighted by Gasteiger charge is 2.12. The SMILES string of the molecule is CCc1cc(Br)ccc1-n1c(=S)[nH]c2cc(F)c(C)cc21. The van der Waals surface area contributed by atoms with Crippen LogP contribution in [0.4, 0.5) is 4.39 Å². The zero-order valence-electron chi connectivity index (χ0n) is 11.7. The number of aromatic nitrogens is 2. The molecule has 0 unspecified atom stereocenters. The summed E-state index contributed by atoms with van der Waals surface area (Å²) in [7, 11) is 0. The van der Waals surface area contributed by atoms with Crippen LogP contribution in [0.5, 0.6) is 0 Å². The first-order chi connectivity index (χ1) is 10.0. The van der Waals surface area contributed by atoms with Crippen LogP contribution in [0.2, 0.25) is 0 Å². The van der Waals surface area contributed by atoms with E-state index in [0.717, 1.165) is 22.1 Å². The molecule has 2 nitrogen and oxygen atoms in total. The van der Waals surface area contributed by atoms with E-state index in [0.29, 0.717) is 15.9 Å². The van der Waals surface area contributed by atoms with E-state index in [9.17, 15) is 4.39 Å². The number of benzene rings is 2. The van der Waals surface area contributed by atoms with Crippen molar-refractivity contribution in [3.63, 3.8) is 0 Å². The van der Waals surface area contributed by atoms with Gasteiger partial charge in [-0.2, -0.15) is 0 Å². The Morgan fingerprint density at radius 2 is 2.05 bits per heavy atom. The summed E-state index contributed by atoms with van der Waals surface area (Å²) in [6.07, 6.45) is 0.892. The standard InChI is InChI=1S/C16H14BrFN2S/c1-3-10-7-11(17)4-5-14(10)20-15-6-9(2)12(18)8-13(15)19-16(20)21/h4-8H,3H2,1-2H3,(H,19,21). The quantitative estimate of drug-likeness (QED) is 0.598. The number of hydrogen-bond donors (Lipinski definition) is 1. The third kappa shape index (κ3) is 2.45. The molecule has 3 aromatic rings. The van der Waals surface area contributed by atoms with E-state index in [-0.39, 0.29) is 5.82 Å². The predicted molar refractivity (Wildman–Crippen MR) is 90.2 cm³/mol. The summed E-state index contributed by atoms with van der Waals surface area (Å²) in [5.41, 5.74) is 4.44. The van der Waals surface area contributed by atoms with Crippen molar-refractivity contribution in [3.8, 4) is 5.69 Å². The van der Waals surface area contributed by atoms with Gasteiger partial charge in [0.05, 0.1) is 16.7 Å². The highest BCUT2D eigenvalue weighted by Crippen LogP contribution is 2.26. The van der Waals surface area contributed by atoms with E-state index in [1.54, 1.807) is 6.92 Å². The third-order valence-electron chi connectivity index (χ3n) is 3.63. The fraction of sp³-hybridized carbons (Fsp3) is 0.188. The average Bonchev–Trinajstić information content (AvgIpc) is 2.75. The Hall–Kier alpha value is -1.46. The molecule has 108 valence electrons. The van der Waals surface area contributed by atoms with Gasteiger partial charge in [0.2, 0.25) is 0 Å². The van der Waals surface area contributed by atoms with Crippen LogP contribution in [0.25, 0.3) is 16.7 Å². The summed E-state index contributed by atoms with van der Waals surface area (Å²) in [6.45, 7) is 3.87. The van der Waals surface area contributed by atoms with Gasteiger partial charge in [-0.1, -0.05) is 22.9 Å². The largest absolute Gasteiger partial charge is 0.330 e. The molecule has 0 saturated heterocycles. The van der Waals surface area contributed by atoms with Gasteiger partial charge in [-0.05, 0) is 67.0 Å².